The Morgan fingerprint density at radius 2 is 2.24 bits per heavy atom. The first-order chi connectivity index (χ1) is 8.22. The first-order valence-electron chi connectivity index (χ1n) is 6.85. The van der Waals surface area contributed by atoms with Gasteiger partial charge in [-0.25, -0.2) is 0 Å². The van der Waals surface area contributed by atoms with Crippen molar-refractivity contribution in [1.29, 1.82) is 0 Å². The highest BCUT2D eigenvalue weighted by Gasteiger charge is 2.32. The molecule has 98 valence electrons. The summed E-state index contributed by atoms with van der Waals surface area (Å²) in [5.74, 6) is 0.965. The molecule has 2 fully saturated rings. The van der Waals surface area contributed by atoms with Gasteiger partial charge in [0.2, 0.25) is 5.91 Å². The van der Waals surface area contributed by atoms with Crippen molar-refractivity contribution in [3.05, 3.63) is 0 Å². The van der Waals surface area contributed by atoms with E-state index in [1.807, 2.05) is 4.90 Å². The van der Waals surface area contributed by atoms with Gasteiger partial charge in [-0.2, -0.15) is 0 Å². The number of carbonyl (C=O) groups excluding carboxylic acids is 1. The molecule has 3 atom stereocenters. The number of hydrogen-bond acceptors (Lipinski definition) is 3. The number of nitrogens with one attached hydrogen (secondary N) is 1. The topological polar surface area (TPSA) is 52.6 Å². The van der Waals surface area contributed by atoms with Gasteiger partial charge in [0.1, 0.15) is 0 Å². The molecule has 0 aromatic carbocycles. The Bertz CT molecular complexity index is 270. The van der Waals surface area contributed by atoms with E-state index in [4.69, 9.17) is 0 Å². The van der Waals surface area contributed by atoms with Gasteiger partial charge in [0.15, 0.2) is 0 Å². The van der Waals surface area contributed by atoms with Crippen LogP contribution in [-0.4, -0.2) is 48.2 Å². The van der Waals surface area contributed by atoms with Crippen molar-refractivity contribution in [1.82, 2.24) is 10.2 Å². The molecule has 1 amide bonds. The average molecular weight is 240 g/mol. The van der Waals surface area contributed by atoms with Gasteiger partial charge in [0.05, 0.1) is 6.04 Å². The molecule has 0 spiro atoms. The number of amides is 1. The smallest absolute Gasteiger partial charge is 0.239 e. The zero-order valence-corrected chi connectivity index (χ0v) is 10.7. The minimum atomic E-state index is 0.00110. The summed E-state index contributed by atoms with van der Waals surface area (Å²) in [4.78, 5) is 14.4. The molecule has 2 heterocycles. The quantitative estimate of drug-likeness (QED) is 0.743. The van der Waals surface area contributed by atoms with Crippen molar-refractivity contribution in [3.63, 3.8) is 0 Å². The predicted molar refractivity (Wildman–Crippen MR) is 66.6 cm³/mol. The van der Waals surface area contributed by atoms with Crippen molar-refractivity contribution >= 4 is 5.91 Å². The first-order valence-corrected chi connectivity index (χ1v) is 6.85. The van der Waals surface area contributed by atoms with Crippen molar-refractivity contribution in [2.45, 2.75) is 38.6 Å². The van der Waals surface area contributed by atoms with Crippen molar-refractivity contribution < 1.29 is 9.90 Å². The van der Waals surface area contributed by atoms with Gasteiger partial charge < -0.3 is 15.3 Å². The summed E-state index contributed by atoms with van der Waals surface area (Å²) >= 11 is 0. The number of carbonyl (C=O) groups is 1. The van der Waals surface area contributed by atoms with E-state index in [1.54, 1.807) is 0 Å². The van der Waals surface area contributed by atoms with Crippen LogP contribution >= 0.6 is 0 Å². The van der Waals surface area contributed by atoms with Crippen molar-refractivity contribution in [2.24, 2.45) is 11.8 Å². The number of aliphatic hydroxyl groups is 1. The van der Waals surface area contributed by atoms with Gasteiger partial charge in [-0.1, -0.05) is 6.92 Å². The molecular formula is C13H24N2O2. The minimum Gasteiger partial charge on any atom is -0.396 e. The Labute approximate surface area is 103 Å². The van der Waals surface area contributed by atoms with E-state index >= 15 is 0 Å². The number of aliphatic hydroxyl groups excluding tert-OH is 1. The van der Waals surface area contributed by atoms with E-state index in [0.29, 0.717) is 5.92 Å². The van der Waals surface area contributed by atoms with E-state index in [-0.39, 0.29) is 24.5 Å². The van der Waals surface area contributed by atoms with Gasteiger partial charge in [-0.15, -0.1) is 0 Å². The summed E-state index contributed by atoms with van der Waals surface area (Å²) in [5, 5.41) is 12.5. The van der Waals surface area contributed by atoms with Crippen LogP contribution in [0.3, 0.4) is 0 Å². The largest absolute Gasteiger partial charge is 0.396 e. The molecule has 2 aliphatic rings. The lowest BCUT2D eigenvalue weighted by Crippen LogP contribution is -2.54. The molecule has 0 aromatic heterocycles. The monoisotopic (exact) mass is 240 g/mol. The average Bonchev–Trinajstić information content (AvgIpc) is 2.38. The zero-order chi connectivity index (χ0) is 12.3. The molecule has 2 saturated heterocycles. The summed E-state index contributed by atoms with van der Waals surface area (Å²) < 4.78 is 0. The Morgan fingerprint density at radius 3 is 2.94 bits per heavy atom. The molecule has 2 rings (SSSR count). The third-order valence-corrected chi connectivity index (χ3v) is 4.12. The van der Waals surface area contributed by atoms with Crippen LogP contribution in [0.4, 0.5) is 0 Å². The highest BCUT2D eigenvalue weighted by molar-refractivity contribution is 5.82. The molecule has 4 heteroatoms. The highest BCUT2D eigenvalue weighted by Crippen LogP contribution is 2.21. The SMILES string of the molecule is CC1CCCNC1C(=O)N1CCCC(CO)C1. The maximum Gasteiger partial charge on any atom is 0.239 e. The predicted octanol–water partition coefficient (Wildman–Crippen LogP) is 0.605. The van der Waals surface area contributed by atoms with Crippen molar-refractivity contribution in [2.75, 3.05) is 26.2 Å². The molecule has 0 bridgehead atoms. The summed E-state index contributed by atoms with van der Waals surface area (Å²) in [6.45, 7) is 4.91. The Hall–Kier alpha value is -0.610. The van der Waals surface area contributed by atoms with Crippen LogP contribution in [-0.2, 0) is 4.79 Å². The van der Waals surface area contributed by atoms with Crippen LogP contribution in [0.15, 0.2) is 0 Å². The van der Waals surface area contributed by atoms with Gasteiger partial charge in [-0.05, 0) is 44.1 Å². The number of piperidine rings is 2. The van der Waals surface area contributed by atoms with Crippen LogP contribution in [0.1, 0.15) is 32.6 Å². The third kappa shape index (κ3) is 2.99. The zero-order valence-electron chi connectivity index (χ0n) is 10.7. The second-order valence-corrected chi connectivity index (χ2v) is 5.53. The lowest BCUT2D eigenvalue weighted by atomic mass is 9.90. The molecule has 2 N–H and O–H groups in total. The first kappa shape index (κ1) is 12.8. The third-order valence-electron chi connectivity index (χ3n) is 4.12. The van der Waals surface area contributed by atoms with Gasteiger partial charge in [-0.3, -0.25) is 4.79 Å². The summed E-state index contributed by atoms with van der Waals surface area (Å²) in [5.41, 5.74) is 0. The van der Waals surface area contributed by atoms with Crippen LogP contribution in [0.2, 0.25) is 0 Å². The van der Waals surface area contributed by atoms with E-state index < -0.39 is 0 Å². The normalized spacial score (nSPS) is 34.7. The number of rotatable bonds is 2. The summed E-state index contributed by atoms with van der Waals surface area (Å²) in [7, 11) is 0. The fourth-order valence-corrected chi connectivity index (χ4v) is 2.99. The van der Waals surface area contributed by atoms with Crippen LogP contribution < -0.4 is 5.32 Å². The summed E-state index contributed by atoms with van der Waals surface area (Å²) in [6.07, 6.45) is 4.39. The van der Waals surface area contributed by atoms with E-state index in [0.717, 1.165) is 38.9 Å². The van der Waals surface area contributed by atoms with E-state index in [2.05, 4.69) is 12.2 Å². The maximum atomic E-state index is 12.4. The molecule has 0 radical (unpaired) electrons. The van der Waals surface area contributed by atoms with Gasteiger partial charge >= 0.3 is 0 Å². The Balaban J connectivity index is 1.93. The standard InChI is InChI=1S/C13H24N2O2/c1-10-4-2-6-14-12(10)13(17)15-7-3-5-11(8-15)9-16/h10-12,14,16H,2-9H2,1H3. The fourth-order valence-electron chi connectivity index (χ4n) is 2.99. The summed E-state index contributed by atoms with van der Waals surface area (Å²) in [6, 6.07) is 0.00110. The van der Waals surface area contributed by atoms with Gasteiger partial charge in [0, 0.05) is 19.7 Å². The molecule has 2 aliphatic heterocycles. The van der Waals surface area contributed by atoms with Gasteiger partial charge in [0.25, 0.3) is 0 Å². The second kappa shape index (κ2) is 5.83. The number of likely N-dealkylation sites (tertiary alicyclic amines) is 1. The van der Waals surface area contributed by atoms with E-state index in [1.165, 1.54) is 6.42 Å². The molecule has 3 unspecified atom stereocenters. The van der Waals surface area contributed by atoms with Crippen LogP contribution in [0.25, 0.3) is 0 Å². The molecule has 4 nitrogen and oxygen atoms in total. The maximum absolute atomic E-state index is 12.4. The lowest BCUT2D eigenvalue weighted by Gasteiger charge is -2.37. The van der Waals surface area contributed by atoms with Crippen LogP contribution in [0, 0.1) is 11.8 Å². The fraction of sp³-hybridized carbons (Fsp3) is 0.923. The lowest BCUT2D eigenvalue weighted by molar-refractivity contribution is -0.137. The Morgan fingerprint density at radius 1 is 1.41 bits per heavy atom. The molecular weight excluding hydrogens is 216 g/mol. The van der Waals surface area contributed by atoms with E-state index in [9.17, 15) is 9.90 Å². The molecule has 0 saturated carbocycles. The second-order valence-electron chi connectivity index (χ2n) is 5.53. The van der Waals surface area contributed by atoms with Crippen LogP contribution in [0.5, 0.6) is 0 Å². The number of nitrogens with zero attached hydrogens (tertiary/aromatic N) is 1. The Kier molecular flexibility index (Phi) is 4.40. The number of hydrogen-bond donors (Lipinski definition) is 2. The molecule has 17 heavy (non-hydrogen) atoms. The molecule has 0 aliphatic carbocycles. The minimum absolute atomic E-state index is 0.00110. The van der Waals surface area contributed by atoms with Crippen molar-refractivity contribution in [3.8, 4) is 0 Å². The highest BCUT2D eigenvalue weighted by atomic mass is 16.3. The molecule has 0 aromatic rings.